The zero-order valence-corrected chi connectivity index (χ0v) is 21.7. The van der Waals surface area contributed by atoms with Crippen LogP contribution in [0.1, 0.15) is 55.3 Å². The Bertz CT molecular complexity index is 1540. The first kappa shape index (κ1) is 25.8. The molecule has 0 saturated carbocycles. The summed E-state index contributed by atoms with van der Waals surface area (Å²) in [5.41, 5.74) is 2.16. The zero-order chi connectivity index (χ0) is 26.9. The van der Waals surface area contributed by atoms with Crippen LogP contribution in [0.15, 0.2) is 64.0 Å². The molecule has 5 rings (SSSR count). The summed E-state index contributed by atoms with van der Waals surface area (Å²) in [7, 11) is -3.43. The van der Waals surface area contributed by atoms with Gasteiger partial charge in [0.25, 0.3) is 5.89 Å². The van der Waals surface area contributed by atoms with Crippen LogP contribution < -0.4 is 10.6 Å². The lowest BCUT2D eigenvalue weighted by Gasteiger charge is -2.22. The average molecular weight is 537 g/mol. The fourth-order valence-corrected chi connectivity index (χ4v) is 5.78. The van der Waals surface area contributed by atoms with Crippen LogP contribution >= 0.6 is 0 Å². The van der Waals surface area contributed by atoms with Crippen molar-refractivity contribution in [2.45, 2.75) is 43.2 Å². The Balaban J connectivity index is 1.51. The maximum absolute atomic E-state index is 12.4. The van der Waals surface area contributed by atoms with Crippen molar-refractivity contribution in [1.29, 1.82) is 0 Å². The maximum Gasteiger partial charge on any atom is 0.253 e. The number of hydrogen-bond donors (Lipinski definition) is 4. The molecule has 12 heteroatoms. The van der Waals surface area contributed by atoms with Crippen molar-refractivity contribution in [2.75, 3.05) is 23.0 Å². The standard InChI is InChI=1S/C26H28N6O5S/c1-15(2)24-31-32-25(37-24)19-13-27-26(30-23(19)29-20(14-33)16-6-4-3-5-7-16)28-17-8-9-22-18(12-17)21(34)10-11-38(22,35)36/h3-9,12-13,15,20-21,33-34H,10-11,14H2,1-2H3,(H2,27,28,29,30)/t20-,21?/m1/s1. The van der Waals surface area contributed by atoms with Crippen LogP contribution in [0.4, 0.5) is 17.5 Å². The highest BCUT2D eigenvalue weighted by atomic mass is 32.2. The second-order valence-electron chi connectivity index (χ2n) is 9.35. The molecule has 2 aromatic heterocycles. The molecule has 0 spiro atoms. The van der Waals surface area contributed by atoms with Gasteiger partial charge in [-0.1, -0.05) is 44.2 Å². The van der Waals surface area contributed by atoms with E-state index in [1.807, 2.05) is 44.2 Å². The lowest BCUT2D eigenvalue weighted by molar-refractivity contribution is 0.168. The lowest BCUT2D eigenvalue weighted by atomic mass is 10.1. The predicted octanol–water partition coefficient (Wildman–Crippen LogP) is 3.75. The van der Waals surface area contributed by atoms with Gasteiger partial charge in [-0.2, -0.15) is 4.98 Å². The molecule has 0 fully saturated rings. The van der Waals surface area contributed by atoms with Crippen molar-refractivity contribution < 1.29 is 23.0 Å². The van der Waals surface area contributed by atoms with Gasteiger partial charge in [0.05, 0.1) is 35.0 Å². The molecule has 1 aliphatic rings. The Hall–Kier alpha value is -3.87. The van der Waals surface area contributed by atoms with E-state index in [1.165, 1.54) is 12.3 Å². The molecule has 11 nitrogen and oxygen atoms in total. The van der Waals surface area contributed by atoms with Crippen LogP contribution in [-0.2, 0) is 9.84 Å². The number of benzene rings is 2. The van der Waals surface area contributed by atoms with Gasteiger partial charge in [-0.15, -0.1) is 10.2 Å². The van der Waals surface area contributed by atoms with Crippen molar-refractivity contribution in [1.82, 2.24) is 20.2 Å². The summed E-state index contributed by atoms with van der Waals surface area (Å²) in [5, 5.41) is 35.1. The van der Waals surface area contributed by atoms with Crippen molar-refractivity contribution in [3.8, 4) is 11.5 Å². The van der Waals surface area contributed by atoms with Crippen molar-refractivity contribution in [3.63, 3.8) is 0 Å². The van der Waals surface area contributed by atoms with E-state index in [1.54, 1.807) is 12.1 Å². The molecule has 0 aliphatic carbocycles. The predicted molar refractivity (Wildman–Crippen MR) is 141 cm³/mol. The van der Waals surface area contributed by atoms with E-state index < -0.39 is 22.0 Å². The number of nitrogens with zero attached hydrogens (tertiary/aromatic N) is 4. The first-order chi connectivity index (χ1) is 18.2. The van der Waals surface area contributed by atoms with E-state index in [0.717, 1.165) is 5.56 Å². The van der Waals surface area contributed by atoms with Crippen LogP contribution in [0.25, 0.3) is 11.5 Å². The molecule has 2 aromatic carbocycles. The monoisotopic (exact) mass is 536 g/mol. The van der Waals surface area contributed by atoms with Gasteiger partial charge in [0, 0.05) is 23.4 Å². The first-order valence-electron chi connectivity index (χ1n) is 12.2. The fourth-order valence-electron chi connectivity index (χ4n) is 4.20. The van der Waals surface area contributed by atoms with E-state index in [2.05, 4.69) is 30.8 Å². The molecule has 0 saturated heterocycles. The van der Waals surface area contributed by atoms with E-state index in [9.17, 15) is 18.6 Å². The third-order valence-electron chi connectivity index (χ3n) is 6.27. The molecule has 0 bridgehead atoms. The number of aliphatic hydroxyl groups excluding tert-OH is 2. The molecule has 1 unspecified atom stereocenters. The van der Waals surface area contributed by atoms with Gasteiger partial charge in [-0.05, 0) is 30.2 Å². The minimum absolute atomic E-state index is 0.0344. The van der Waals surface area contributed by atoms with Gasteiger partial charge < -0.3 is 25.3 Å². The third kappa shape index (κ3) is 5.23. The summed E-state index contributed by atoms with van der Waals surface area (Å²) in [6.07, 6.45) is 0.800. The number of aliphatic hydroxyl groups is 2. The average Bonchev–Trinajstić information content (AvgIpc) is 3.41. The van der Waals surface area contributed by atoms with Gasteiger partial charge in [0.15, 0.2) is 9.84 Å². The van der Waals surface area contributed by atoms with E-state index in [4.69, 9.17) is 4.42 Å². The van der Waals surface area contributed by atoms with Gasteiger partial charge in [0.2, 0.25) is 11.8 Å². The second kappa shape index (κ2) is 10.5. The molecule has 0 radical (unpaired) electrons. The minimum Gasteiger partial charge on any atom is -0.420 e. The van der Waals surface area contributed by atoms with Gasteiger partial charge in [0.1, 0.15) is 5.82 Å². The summed E-state index contributed by atoms with van der Waals surface area (Å²) >= 11 is 0. The zero-order valence-electron chi connectivity index (χ0n) is 20.9. The van der Waals surface area contributed by atoms with Gasteiger partial charge in [-0.25, -0.2) is 13.4 Å². The molecule has 38 heavy (non-hydrogen) atoms. The van der Waals surface area contributed by atoms with Crippen molar-refractivity contribution in [3.05, 3.63) is 71.7 Å². The fraction of sp³-hybridized carbons (Fsp3) is 0.308. The molecular formula is C26H28N6O5S. The number of fused-ring (bicyclic) bond motifs is 1. The number of aromatic nitrogens is 4. The molecule has 198 valence electrons. The van der Waals surface area contributed by atoms with Crippen LogP contribution in [0.5, 0.6) is 0 Å². The molecule has 2 atom stereocenters. The second-order valence-corrected chi connectivity index (χ2v) is 11.4. The maximum atomic E-state index is 12.4. The number of hydrogen-bond acceptors (Lipinski definition) is 11. The molecule has 1 aliphatic heterocycles. The largest absolute Gasteiger partial charge is 0.420 e. The molecule has 0 amide bonds. The number of sulfone groups is 1. The summed E-state index contributed by atoms with van der Waals surface area (Å²) < 4.78 is 30.6. The summed E-state index contributed by atoms with van der Waals surface area (Å²) in [6, 6.07) is 13.6. The Morgan fingerprint density at radius 3 is 2.63 bits per heavy atom. The Morgan fingerprint density at radius 1 is 1.13 bits per heavy atom. The van der Waals surface area contributed by atoms with Crippen LogP contribution in [0, 0.1) is 0 Å². The number of rotatable bonds is 8. The van der Waals surface area contributed by atoms with Gasteiger partial charge >= 0.3 is 0 Å². The third-order valence-corrected chi connectivity index (χ3v) is 8.08. The van der Waals surface area contributed by atoms with E-state index in [-0.39, 0.29) is 41.4 Å². The first-order valence-corrected chi connectivity index (χ1v) is 13.9. The van der Waals surface area contributed by atoms with E-state index in [0.29, 0.717) is 28.5 Å². The smallest absolute Gasteiger partial charge is 0.253 e. The Kier molecular flexibility index (Phi) is 7.11. The van der Waals surface area contributed by atoms with Crippen LogP contribution in [0.3, 0.4) is 0 Å². The summed E-state index contributed by atoms with van der Waals surface area (Å²) in [4.78, 5) is 9.15. The van der Waals surface area contributed by atoms with Crippen LogP contribution in [-0.4, -0.2) is 51.2 Å². The number of anilines is 3. The van der Waals surface area contributed by atoms with Crippen molar-refractivity contribution in [2.24, 2.45) is 0 Å². The highest BCUT2D eigenvalue weighted by molar-refractivity contribution is 7.91. The highest BCUT2D eigenvalue weighted by Gasteiger charge is 2.29. The molecule has 4 aromatic rings. The normalized spacial score (nSPS) is 17.1. The minimum atomic E-state index is -3.43. The van der Waals surface area contributed by atoms with Crippen molar-refractivity contribution >= 4 is 27.3 Å². The Morgan fingerprint density at radius 2 is 1.92 bits per heavy atom. The summed E-state index contributed by atoms with van der Waals surface area (Å²) in [6.45, 7) is 3.68. The molecule has 4 N–H and O–H groups in total. The Labute approximate surface area is 219 Å². The quantitative estimate of drug-likeness (QED) is 0.259. The number of nitrogens with one attached hydrogen (secondary N) is 2. The van der Waals surface area contributed by atoms with Gasteiger partial charge in [-0.3, -0.25) is 0 Å². The topological polar surface area (TPSA) is 163 Å². The molecular weight excluding hydrogens is 508 g/mol. The highest BCUT2D eigenvalue weighted by Crippen LogP contribution is 2.35. The van der Waals surface area contributed by atoms with E-state index >= 15 is 0 Å². The SMILES string of the molecule is CC(C)c1nnc(-c2cnc(Nc3ccc4c(c3)C(O)CCS4(=O)=O)nc2N[C@H](CO)c2ccccc2)o1. The summed E-state index contributed by atoms with van der Waals surface area (Å²) in [5.74, 6) is 1.21. The lowest BCUT2D eigenvalue weighted by Crippen LogP contribution is -2.20. The van der Waals surface area contributed by atoms with Crippen LogP contribution in [0.2, 0.25) is 0 Å². The molecule has 3 heterocycles.